The normalized spacial score (nSPS) is 12.0. The highest BCUT2D eigenvalue weighted by Crippen LogP contribution is 2.36. The molecule has 71 heavy (non-hydrogen) atoms. The number of aryl methyl sites for hydroxylation is 2. The molecule has 8 aromatic rings. The van der Waals surface area contributed by atoms with Crippen molar-refractivity contribution in [3.8, 4) is 40.5 Å². The molecular weight excluding hydrogens is 867 g/mol. The molecule has 6 aromatic carbocycles. The van der Waals surface area contributed by atoms with Gasteiger partial charge in [0, 0.05) is 47.4 Å². The lowest BCUT2D eigenvalue weighted by molar-refractivity contribution is -0.671. The molecule has 0 aliphatic carbocycles. The van der Waals surface area contributed by atoms with Gasteiger partial charge < -0.3 is 4.90 Å². The molecule has 0 spiro atoms. The van der Waals surface area contributed by atoms with E-state index in [1.54, 1.807) is 4.58 Å². The molecule has 2 heterocycles. The van der Waals surface area contributed by atoms with Crippen LogP contribution in [0, 0.1) is 34.0 Å². The Balaban J connectivity index is 1.09. The molecule has 0 saturated heterocycles. The van der Waals surface area contributed by atoms with Crippen molar-refractivity contribution < 1.29 is 13.7 Å². The van der Waals surface area contributed by atoms with Gasteiger partial charge in [0.2, 0.25) is 0 Å². The second-order valence-electron chi connectivity index (χ2n) is 17.2. The maximum absolute atomic E-state index is 10.3. The van der Waals surface area contributed by atoms with Crippen molar-refractivity contribution in [3.63, 3.8) is 0 Å². The number of nitriles is 3. The molecule has 0 saturated carbocycles. The molecule has 8 rings (SSSR count). The minimum atomic E-state index is 0.555. The number of hydrogen-bond acceptors (Lipinski definition) is 4. The largest absolute Gasteiger partial charge is 0.311 e. The third kappa shape index (κ3) is 11.9. The zero-order valence-corrected chi connectivity index (χ0v) is 40.3. The molecule has 0 N–H and O–H groups in total. The molecule has 0 unspecified atom stereocenters. The second-order valence-corrected chi connectivity index (χ2v) is 17.2. The minimum Gasteiger partial charge on any atom is -0.311 e. The zero-order chi connectivity index (χ0) is 49.7. The van der Waals surface area contributed by atoms with Crippen LogP contribution in [0.4, 0.5) is 17.1 Å². The number of allylic oxidation sites excluding steroid dienone is 6. The number of aromatic nitrogens is 2. The number of benzene rings is 6. The molecule has 7 heteroatoms. The fourth-order valence-electron chi connectivity index (χ4n) is 8.13. The standard InChI is InChI=1S/C64H52N7/c1-6-50(31-36-68(2)3)51-13-19-54(20-14-51)59(44-65)41-47-7-25-62(26-8-47)71(63-27-9-48(10-28-63)42-60(45-66)55-21-15-52(16-22-55)57-32-37-69(4)38-33-57)64-29-11-49(12-30-64)43-61(46-67)56-23-17-53(18-24-56)58-34-39-70(5)40-35-58/h6-43H,2H2,1,3-5H3/q+3/b36-31-,50-6+,59-41+. The smallest absolute Gasteiger partial charge is 0.169 e. The van der Waals surface area contributed by atoms with E-state index in [0.717, 1.165) is 83.8 Å². The first kappa shape index (κ1) is 47.7. The summed E-state index contributed by atoms with van der Waals surface area (Å²) >= 11 is 0. The summed E-state index contributed by atoms with van der Waals surface area (Å²) in [6, 6.07) is 64.1. The van der Waals surface area contributed by atoms with Crippen molar-refractivity contribution in [2.24, 2.45) is 14.1 Å². The van der Waals surface area contributed by atoms with E-state index in [4.69, 9.17) is 0 Å². The summed E-state index contributed by atoms with van der Waals surface area (Å²) in [4.78, 5) is 2.17. The molecule has 0 fully saturated rings. The van der Waals surface area contributed by atoms with E-state index in [1.165, 1.54) is 0 Å². The van der Waals surface area contributed by atoms with Crippen LogP contribution in [0.3, 0.4) is 0 Å². The van der Waals surface area contributed by atoms with Crippen LogP contribution in [-0.2, 0) is 14.1 Å². The predicted octanol–water partition coefficient (Wildman–Crippen LogP) is 13.6. The highest BCUT2D eigenvalue weighted by molar-refractivity contribution is 5.93. The van der Waals surface area contributed by atoms with Gasteiger partial charge in [-0.05, 0) is 128 Å². The van der Waals surface area contributed by atoms with Gasteiger partial charge in [0.05, 0.1) is 34.9 Å². The highest BCUT2D eigenvalue weighted by atomic mass is 15.1. The molecule has 7 nitrogen and oxygen atoms in total. The quantitative estimate of drug-likeness (QED) is 0.0357. The number of nitrogens with zero attached hydrogens (tertiary/aromatic N) is 7. The SMILES string of the molecule is C=[N+](C)/C=C\C(=C/C)c1ccc(/C(C#N)=C/c2ccc(N(c3ccc(/C=C(\C#N)c4ccc(-c5cc[n+](C)cc5)cc4)cc3)c3ccc(/C=C(\C#N)c4ccc(-c5cc[n+](C)cc5)cc4)cc3)cc2)cc1. The van der Waals surface area contributed by atoms with Crippen molar-refractivity contribution in [1.82, 2.24) is 0 Å². The summed E-state index contributed by atoms with van der Waals surface area (Å²) in [6.45, 7) is 5.89. The van der Waals surface area contributed by atoms with Gasteiger partial charge in [-0.1, -0.05) is 115 Å². The molecule has 0 amide bonds. The topological polar surface area (TPSA) is 85.4 Å². The van der Waals surface area contributed by atoms with Crippen molar-refractivity contribution in [2.45, 2.75) is 6.92 Å². The summed E-state index contributed by atoms with van der Waals surface area (Å²) in [7, 11) is 5.87. The Kier molecular flexibility index (Phi) is 15.0. The molecule has 2 aromatic heterocycles. The van der Waals surface area contributed by atoms with E-state index < -0.39 is 0 Å². The van der Waals surface area contributed by atoms with Gasteiger partial charge in [-0.25, -0.2) is 13.7 Å². The fraction of sp³-hybridized carbons (Fsp3) is 0.0625. The van der Waals surface area contributed by atoms with Crippen LogP contribution in [-0.4, -0.2) is 18.3 Å². The predicted molar refractivity (Wildman–Crippen MR) is 290 cm³/mol. The van der Waals surface area contributed by atoms with Crippen LogP contribution in [0.2, 0.25) is 0 Å². The van der Waals surface area contributed by atoms with Gasteiger partial charge in [-0.3, -0.25) is 0 Å². The minimum absolute atomic E-state index is 0.555. The summed E-state index contributed by atoms with van der Waals surface area (Å²) in [6.07, 6.45) is 19.8. The summed E-state index contributed by atoms with van der Waals surface area (Å²) < 4.78 is 5.75. The molecule has 0 atom stereocenters. The van der Waals surface area contributed by atoms with Gasteiger partial charge in [0.25, 0.3) is 0 Å². The third-order valence-corrected chi connectivity index (χ3v) is 12.1. The van der Waals surface area contributed by atoms with E-state index in [1.807, 2.05) is 208 Å². The number of hydrogen-bond donors (Lipinski definition) is 0. The molecule has 0 aliphatic rings. The first-order valence-corrected chi connectivity index (χ1v) is 23.2. The van der Waals surface area contributed by atoms with Gasteiger partial charge in [0.15, 0.2) is 31.0 Å². The number of rotatable bonds is 14. The van der Waals surface area contributed by atoms with Crippen LogP contribution >= 0.6 is 0 Å². The van der Waals surface area contributed by atoms with Gasteiger partial charge in [-0.15, -0.1) is 0 Å². The Bertz CT molecular complexity index is 3300. The zero-order valence-electron chi connectivity index (χ0n) is 40.3. The van der Waals surface area contributed by atoms with E-state index in [0.29, 0.717) is 16.7 Å². The average Bonchev–Trinajstić information content (AvgIpc) is 3.41. The Labute approximate surface area is 417 Å². The van der Waals surface area contributed by atoms with Crippen molar-refractivity contribution in [3.05, 3.63) is 252 Å². The van der Waals surface area contributed by atoms with Crippen LogP contribution in [0.25, 0.3) is 62.8 Å². The van der Waals surface area contributed by atoms with Gasteiger partial charge >= 0.3 is 0 Å². The molecule has 0 bridgehead atoms. The lowest BCUT2D eigenvalue weighted by Crippen LogP contribution is -2.25. The average molecular weight is 919 g/mol. The van der Waals surface area contributed by atoms with Crippen LogP contribution in [0.15, 0.2) is 213 Å². The van der Waals surface area contributed by atoms with E-state index in [2.05, 4.69) is 90.5 Å². The molecular formula is C64H52N7+3. The number of anilines is 3. The lowest BCUT2D eigenvalue weighted by atomic mass is 9.99. The Morgan fingerprint density at radius 1 is 0.451 bits per heavy atom. The first-order chi connectivity index (χ1) is 34.6. The Morgan fingerprint density at radius 3 is 1.04 bits per heavy atom. The molecule has 340 valence electrons. The Morgan fingerprint density at radius 2 is 0.746 bits per heavy atom. The maximum Gasteiger partial charge on any atom is 0.169 e. The van der Waals surface area contributed by atoms with E-state index in [-0.39, 0.29) is 0 Å². The lowest BCUT2D eigenvalue weighted by Gasteiger charge is -2.26. The first-order valence-electron chi connectivity index (χ1n) is 23.2. The van der Waals surface area contributed by atoms with Crippen LogP contribution in [0.5, 0.6) is 0 Å². The monoisotopic (exact) mass is 918 g/mol. The van der Waals surface area contributed by atoms with Crippen molar-refractivity contribution in [2.75, 3.05) is 11.9 Å². The van der Waals surface area contributed by atoms with Crippen LogP contribution < -0.4 is 14.0 Å². The van der Waals surface area contributed by atoms with Crippen LogP contribution in [0.1, 0.15) is 45.9 Å². The summed E-state index contributed by atoms with van der Waals surface area (Å²) in [5, 5.41) is 30.8. The third-order valence-electron chi connectivity index (χ3n) is 12.1. The Hall–Kier alpha value is -9.74. The maximum atomic E-state index is 10.3. The number of pyridine rings is 2. The van der Waals surface area contributed by atoms with E-state index >= 15 is 0 Å². The molecule has 0 aliphatic heterocycles. The molecule has 0 radical (unpaired) electrons. The summed E-state index contributed by atoms with van der Waals surface area (Å²) in [5.74, 6) is 0. The fourth-order valence-corrected chi connectivity index (χ4v) is 8.13. The highest BCUT2D eigenvalue weighted by Gasteiger charge is 2.14. The van der Waals surface area contributed by atoms with Gasteiger partial charge in [0.1, 0.15) is 27.9 Å². The van der Waals surface area contributed by atoms with Crippen molar-refractivity contribution in [1.29, 1.82) is 15.8 Å². The van der Waals surface area contributed by atoms with E-state index in [9.17, 15) is 15.8 Å². The van der Waals surface area contributed by atoms with Crippen molar-refractivity contribution >= 4 is 64.3 Å². The van der Waals surface area contributed by atoms with Gasteiger partial charge in [-0.2, -0.15) is 15.8 Å². The second kappa shape index (κ2) is 22.4. The summed E-state index contributed by atoms with van der Waals surface area (Å²) in [5.41, 5.74) is 16.1.